The van der Waals surface area contributed by atoms with E-state index in [2.05, 4.69) is 15.0 Å². The minimum absolute atomic E-state index is 0.365. The van der Waals surface area contributed by atoms with Crippen molar-refractivity contribution in [1.29, 1.82) is 0 Å². The number of anilines is 1. The molecule has 0 aliphatic rings. The summed E-state index contributed by atoms with van der Waals surface area (Å²) < 4.78 is 0. The molecule has 2 rings (SSSR count). The van der Waals surface area contributed by atoms with Gasteiger partial charge in [0.2, 0.25) is 0 Å². The summed E-state index contributed by atoms with van der Waals surface area (Å²) in [6.07, 6.45) is 5.24. The van der Waals surface area contributed by atoms with Crippen LogP contribution < -0.4 is 5.73 Å². The van der Waals surface area contributed by atoms with Gasteiger partial charge < -0.3 is 10.7 Å². The second kappa shape index (κ2) is 4.31. The average molecular weight is 223 g/mol. The van der Waals surface area contributed by atoms with Crippen molar-refractivity contribution in [3.63, 3.8) is 0 Å². The lowest BCUT2D eigenvalue weighted by Gasteiger charge is -1.98. The van der Waals surface area contributed by atoms with Crippen molar-refractivity contribution in [2.75, 3.05) is 5.73 Å². The third-order valence-corrected chi connectivity index (χ3v) is 2.47. The maximum Gasteiger partial charge on any atom is 0.199 e. The highest BCUT2D eigenvalue weighted by Crippen LogP contribution is 2.15. The Kier molecular flexibility index (Phi) is 2.87. The number of nitrogens with zero attached hydrogens (tertiary/aromatic N) is 2. The average Bonchev–Trinajstić information content (AvgIpc) is 2.56. The molecule has 4 nitrogen and oxygen atoms in total. The molecule has 0 saturated carbocycles. The molecular weight excluding hydrogens is 212 g/mol. The molecule has 2 aromatic heterocycles. The van der Waals surface area contributed by atoms with Gasteiger partial charge in [-0.3, -0.25) is 4.98 Å². The molecule has 0 amide bonds. The van der Waals surface area contributed by atoms with Gasteiger partial charge in [0.1, 0.15) is 0 Å². The van der Waals surface area contributed by atoms with E-state index in [9.17, 15) is 0 Å². The molecule has 0 bridgehead atoms. The fourth-order valence-electron chi connectivity index (χ4n) is 1.39. The van der Waals surface area contributed by atoms with Gasteiger partial charge in [0.25, 0.3) is 0 Å². The summed E-state index contributed by atoms with van der Waals surface area (Å²) in [6.45, 7) is 0. The molecule has 0 aliphatic heterocycles. The molecule has 78 valence electrons. The Labute approximate surface area is 92.5 Å². The predicted octanol–water partition coefficient (Wildman–Crippen LogP) is 1.83. The number of aryl methyl sites for hydroxylation is 2. The molecule has 0 fully saturated rings. The van der Waals surface area contributed by atoms with Crippen molar-refractivity contribution in [2.24, 2.45) is 0 Å². The number of rotatable bonds is 3. The number of hydrogen-bond donors (Lipinski definition) is 2. The van der Waals surface area contributed by atoms with E-state index < -0.39 is 0 Å². The summed E-state index contributed by atoms with van der Waals surface area (Å²) in [7, 11) is 0. The van der Waals surface area contributed by atoms with Crippen molar-refractivity contribution in [3.05, 3.63) is 40.9 Å². The highest BCUT2D eigenvalue weighted by atomic mass is 35.5. The highest BCUT2D eigenvalue weighted by Gasteiger charge is 2.05. The number of halogens is 1. The maximum atomic E-state index is 5.88. The van der Waals surface area contributed by atoms with Gasteiger partial charge in [0.15, 0.2) is 11.1 Å². The van der Waals surface area contributed by atoms with Crippen LogP contribution in [0.4, 0.5) is 5.95 Å². The van der Waals surface area contributed by atoms with Gasteiger partial charge in [-0.2, -0.15) is 0 Å². The van der Waals surface area contributed by atoms with Crippen molar-refractivity contribution >= 4 is 17.5 Å². The fourth-order valence-corrected chi connectivity index (χ4v) is 1.62. The molecule has 0 aliphatic carbocycles. The van der Waals surface area contributed by atoms with Crippen LogP contribution in [0.1, 0.15) is 11.3 Å². The number of pyridine rings is 1. The molecule has 5 heteroatoms. The summed E-state index contributed by atoms with van der Waals surface area (Å²) in [5.41, 5.74) is 7.58. The van der Waals surface area contributed by atoms with E-state index in [0.717, 1.165) is 18.5 Å². The quantitative estimate of drug-likeness (QED) is 0.833. The monoisotopic (exact) mass is 222 g/mol. The molecule has 0 spiro atoms. The Bertz CT molecular complexity index is 438. The molecular formula is C10H11ClN4. The van der Waals surface area contributed by atoms with Crippen LogP contribution in [-0.2, 0) is 12.8 Å². The number of hydrogen-bond acceptors (Lipinski definition) is 3. The Morgan fingerprint density at radius 3 is 2.60 bits per heavy atom. The summed E-state index contributed by atoms with van der Waals surface area (Å²) >= 11 is 5.88. The minimum atomic E-state index is 0.365. The summed E-state index contributed by atoms with van der Waals surface area (Å²) in [5.74, 6) is 0.365. The Morgan fingerprint density at radius 1 is 1.27 bits per heavy atom. The lowest BCUT2D eigenvalue weighted by atomic mass is 10.1. The van der Waals surface area contributed by atoms with Crippen LogP contribution in [-0.4, -0.2) is 15.0 Å². The van der Waals surface area contributed by atoms with Crippen LogP contribution in [0, 0.1) is 0 Å². The number of nitrogens with two attached hydrogens (primary N) is 1. The third kappa shape index (κ3) is 2.47. The van der Waals surface area contributed by atoms with Crippen molar-refractivity contribution < 1.29 is 0 Å². The number of nitrogen functional groups attached to an aromatic ring is 1. The largest absolute Gasteiger partial charge is 0.369 e. The number of nitrogens with one attached hydrogen (secondary N) is 1. The maximum absolute atomic E-state index is 5.88. The predicted molar refractivity (Wildman–Crippen MR) is 59.7 cm³/mol. The van der Waals surface area contributed by atoms with Gasteiger partial charge in [-0.15, -0.1) is 0 Å². The van der Waals surface area contributed by atoms with E-state index in [-0.39, 0.29) is 0 Å². The van der Waals surface area contributed by atoms with Gasteiger partial charge in [-0.05, 0) is 30.5 Å². The van der Waals surface area contributed by atoms with E-state index in [4.69, 9.17) is 17.3 Å². The summed E-state index contributed by atoms with van der Waals surface area (Å²) in [4.78, 5) is 10.8. The first-order chi connectivity index (χ1) is 7.25. The van der Waals surface area contributed by atoms with Crippen LogP contribution in [0.3, 0.4) is 0 Å². The summed E-state index contributed by atoms with van der Waals surface area (Å²) in [5, 5.41) is 0.460. The van der Waals surface area contributed by atoms with Gasteiger partial charge in [-0.1, -0.05) is 11.6 Å². The standard InChI is InChI=1S/C10H11ClN4/c11-9-8(14-10(12)15-9)2-1-7-3-5-13-6-4-7/h3-6H,1-2H2,(H3,12,14,15). The number of imidazole rings is 1. The van der Waals surface area contributed by atoms with Gasteiger partial charge in [-0.25, -0.2) is 4.98 Å². The van der Waals surface area contributed by atoms with E-state index in [1.54, 1.807) is 12.4 Å². The molecule has 15 heavy (non-hydrogen) atoms. The first kappa shape index (κ1) is 9.98. The van der Waals surface area contributed by atoms with Crippen LogP contribution >= 0.6 is 11.6 Å². The van der Waals surface area contributed by atoms with E-state index in [1.807, 2.05) is 12.1 Å². The number of aromatic amines is 1. The minimum Gasteiger partial charge on any atom is -0.369 e. The van der Waals surface area contributed by atoms with Gasteiger partial charge in [0.05, 0.1) is 5.69 Å². The van der Waals surface area contributed by atoms with Crippen molar-refractivity contribution in [1.82, 2.24) is 15.0 Å². The molecule has 0 atom stereocenters. The SMILES string of the molecule is Nc1nc(Cl)c(CCc2ccncc2)[nH]1. The molecule has 0 saturated heterocycles. The zero-order valence-electron chi connectivity index (χ0n) is 8.07. The lowest BCUT2D eigenvalue weighted by molar-refractivity contribution is 0.923. The molecule has 2 aromatic rings. The Balaban J connectivity index is 2.02. The Hall–Kier alpha value is -1.55. The third-order valence-electron chi connectivity index (χ3n) is 2.16. The molecule has 2 heterocycles. The molecule has 0 unspecified atom stereocenters. The normalized spacial score (nSPS) is 10.5. The Morgan fingerprint density at radius 2 is 2.00 bits per heavy atom. The molecule has 0 radical (unpaired) electrons. The van der Waals surface area contributed by atoms with Crippen LogP contribution in [0.15, 0.2) is 24.5 Å². The fraction of sp³-hybridized carbons (Fsp3) is 0.200. The second-order valence-corrected chi connectivity index (χ2v) is 3.60. The highest BCUT2D eigenvalue weighted by molar-refractivity contribution is 6.30. The molecule has 0 aromatic carbocycles. The lowest BCUT2D eigenvalue weighted by Crippen LogP contribution is -1.93. The second-order valence-electron chi connectivity index (χ2n) is 3.25. The van der Waals surface area contributed by atoms with Crippen LogP contribution in [0.5, 0.6) is 0 Å². The van der Waals surface area contributed by atoms with Crippen LogP contribution in [0.25, 0.3) is 0 Å². The van der Waals surface area contributed by atoms with E-state index >= 15 is 0 Å². The number of aromatic nitrogens is 3. The van der Waals surface area contributed by atoms with E-state index in [1.165, 1.54) is 5.56 Å². The topological polar surface area (TPSA) is 67.6 Å². The summed E-state index contributed by atoms with van der Waals surface area (Å²) in [6, 6.07) is 3.96. The zero-order chi connectivity index (χ0) is 10.7. The smallest absolute Gasteiger partial charge is 0.199 e. The van der Waals surface area contributed by atoms with Crippen molar-refractivity contribution in [3.8, 4) is 0 Å². The number of H-pyrrole nitrogens is 1. The zero-order valence-corrected chi connectivity index (χ0v) is 8.83. The first-order valence-corrected chi connectivity index (χ1v) is 5.02. The van der Waals surface area contributed by atoms with Gasteiger partial charge in [0, 0.05) is 12.4 Å². The first-order valence-electron chi connectivity index (χ1n) is 4.64. The van der Waals surface area contributed by atoms with Gasteiger partial charge >= 0.3 is 0 Å². The van der Waals surface area contributed by atoms with Crippen molar-refractivity contribution in [2.45, 2.75) is 12.8 Å². The van der Waals surface area contributed by atoms with E-state index in [0.29, 0.717) is 11.1 Å². The van der Waals surface area contributed by atoms with Crippen LogP contribution in [0.2, 0.25) is 5.15 Å². The molecule has 3 N–H and O–H groups in total.